The Balaban J connectivity index is 2.50. The largest absolute Gasteiger partial charge is 0.472 e. The second kappa shape index (κ2) is 31.7. The number of aliphatic hydroxyl groups excluding tert-OH is 3. The number of likely N-dealkylation sites (N-methyl/N-ethyl adjacent to an activating group) is 1. The van der Waals surface area contributed by atoms with E-state index in [1.54, 1.807) is 12.2 Å². The van der Waals surface area contributed by atoms with Gasteiger partial charge in [0.05, 0.1) is 52.1 Å². The van der Waals surface area contributed by atoms with Crippen molar-refractivity contribution in [1.82, 2.24) is 5.32 Å². The first-order valence-electron chi connectivity index (χ1n) is 22.7. The maximum absolute atomic E-state index is 13.0. The SMILES string of the molecule is CCCCCCCCCCCCCCCC[C@@H](O)[C@H](COP(=O)(O)OCC[N+](C)(C)C)NC(=O)CCCCCC[C@H]1[C@@H](O)CC(=O)[C@@H]1/C=C/[C@@H](O)CCCCC. The zero-order valence-corrected chi connectivity index (χ0v) is 37.2. The molecule has 0 aromatic carbocycles. The van der Waals surface area contributed by atoms with Crippen LogP contribution in [0.5, 0.6) is 0 Å². The van der Waals surface area contributed by atoms with E-state index in [0.717, 1.165) is 57.8 Å². The van der Waals surface area contributed by atoms with E-state index < -0.39 is 32.2 Å². The predicted molar refractivity (Wildman–Crippen MR) is 227 cm³/mol. The summed E-state index contributed by atoms with van der Waals surface area (Å²) in [6.45, 7) is 4.57. The number of nitrogens with one attached hydrogen (secondary N) is 1. The van der Waals surface area contributed by atoms with Gasteiger partial charge in [-0.25, -0.2) is 4.57 Å². The number of phosphoric acid groups is 1. The Kier molecular flexibility index (Phi) is 29.9. The fourth-order valence-electron chi connectivity index (χ4n) is 7.48. The van der Waals surface area contributed by atoms with Gasteiger partial charge < -0.3 is 30.0 Å². The summed E-state index contributed by atoms with van der Waals surface area (Å²) in [7, 11) is 1.47. The summed E-state index contributed by atoms with van der Waals surface area (Å²) in [6, 6.07) is -0.844. The lowest BCUT2D eigenvalue weighted by Gasteiger charge is -2.26. The Morgan fingerprint density at radius 1 is 0.804 bits per heavy atom. The second-order valence-corrected chi connectivity index (χ2v) is 19.0. The molecule has 1 saturated carbocycles. The number of rotatable bonds is 37. The van der Waals surface area contributed by atoms with E-state index in [1.165, 1.54) is 70.6 Å². The average molecular weight is 818 g/mol. The van der Waals surface area contributed by atoms with E-state index in [1.807, 2.05) is 21.1 Å². The molecule has 0 aliphatic heterocycles. The van der Waals surface area contributed by atoms with Gasteiger partial charge in [-0.1, -0.05) is 154 Å². The molecule has 0 aromatic heterocycles. The van der Waals surface area contributed by atoms with E-state index in [4.69, 9.17) is 9.05 Å². The molecule has 0 aromatic rings. The first-order valence-corrected chi connectivity index (χ1v) is 24.2. The number of hydrogen-bond donors (Lipinski definition) is 5. The smallest absolute Gasteiger partial charge is 0.392 e. The number of nitrogens with zero attached hydrogens (tertiary/aromatic N) is 1. The van der Waals surface area contributed by atoms with Crippen LogP contribution in [0.2, 0.25) is 0 Å². The van der Waals surface area contributed by atoms with Crippen molar-refractivity contribution in [3.05, 3.63) is 12.2 Å². The minimum atomic E-state index is -4.38. The quantitative estimate of drug-likeness (QED) is 0.0178. The van der Waals surface area contributed by atoms with Crippen molar-refractivity contribution in [3.8, 4) is 0 Å². The van der Waals surface area contributed by atoms with Gasteiger partial charge in [0.1, 0.15) is 18.9 Å². The number of amides is 1. The molecule has 56 heavy (non-hydrogen) atoms. The van der Waals surface area contributed by atoms with Crippen LogP contribution in [0.4, 0.5) is 0 Å². The van der Waals surface area contributed by atoms with Gasteiger partial charge in [-0.05, 0) is 31.6 Å². The summed E-state index contributed by atoms with van der Waals surface area (Å²) >= 11 is 0. The van der Waals surface area contributed by atoms with Crippen LogP contribution in [0.1, 0.15) is 181 Å². The summed E-state index contributed by atoms with van der Waals surface area (Å²) in [5.74, 6) is -0.763. The first-order chi connectivity index (χ1) is 26.7. The van der Waals surface area contributed by atoms with Crippen molar-refractivity contribution >= 4 is 19.5 Å². The number of Topliss-reactive ketones (excluding diaryl/α,β-unsaturated/α-hetero) is 1. The van der Waals surface area contributed by atoms with Gasteiger partial charge >= 0.3 is 7.82 Å². The summed E-state index contributed by atoms with van der Waals surface area (Å²) < 4.78 is 23.6. The number of unbranched alkanes of at least 4 members (excludes halogenated alkanes) is 18. The molecule has 1 rings (SSSR count). The van der Waals surface area contributed by atoms with Gasteiger partial charge in [0.2, 0.25) is 5.91 Å². The summed E-state index contributed by atoms with van der Waals surface area (Å²) in [6.07, 6.45) is 27.0. The van der Waals surface area contributed by atoms with Gasteiger partial charge in [0.25, 0.3) is 0 Å². The molecule has 0 heterocycles. The molecular formula is C44H86N2O9P+. The number of carbonyl (C=O) groups excluding carboxylic acids is 2. The molecule has 11 nitrogen and oxygen atoms in total. The normalized spacial score (nSPS) is 20.4. The predicted octanol–water partition coefficient (Wildman–Crippen LogP) is 8.95. The van der Waals surface area contributed by atoms with Crippen LogP contribution >= 0.6 is 7.82 Å². The van der Waals surface area contributed by atoms with Crippen LogP contribution in [0.15, 0.2) is 12.2 Å². The van der Waals surface area contributed by atoms with Gasteiger partial charge in [0, 0.05) is 18.8 Å². The standard InChI is InChI=1S/C44H85N2O9P/c1-6-8-10-11-12-13-14-15-16-17-18-19-20-25-29-41(48)40(36-55-56(52,53)54-34-33-46(3,4)5)45-44(51)30-26-22-21-24-28-38-39(43(50)35-42(38)49)32-31-37(47)27-23-9-7-2/h31-32,37-42,47-49H,6-30,33-36H2,1-5H3,(H-,45,51,52,53)/p+1/b32-31+/t37-,38+,39+,40-,41+,42-/m0/s1. The zero-order chi connectivity index (χ0) is 41.7. The van der Waals surface area contributed by atoms with E-state index in [0.29, 0.717) is 36.7 Å². The topological polar surface area (TPSA) is 163 Å². The maximum Gasteiger partial charge on any atom is 0.472 e. The maximum atomic E-state index is 13.0. The molecule has 12 heteroatoms. The lowest BCUT2D eigenvalue weighted by atomic mass is 9.88. The molecule has 7 atom stereocenters. The minimum Gasteiger partial charge on any atom is -0.392 e. The Morgan fingerprint density at radius 2 is 1.32 bits per heavy atom. The number of hydrogen-bond acceptors (Lipinski definition) is 8. The van der Waals surface area contributed by atoms with Crippen molar-refractivity contribution in [2.45, 2.75) is 205 Å². The molecule has 0 saturated heterocycles. The van der Waals surface area contributed by atoms with Crippen LogP contribution < -0.4 is 5.32 Å². The third kappa shape index (κ3) is 27.5. The molecule has 1 amide bonds. The Morgan fingerprint density at radius 3 is 1.91 bits per heavy atom. The molecule has 330 valence electrons. The lowest BCUT2D eigenvalue weighted by molar-refractivity contribution is -0.870. The highest BCUT2D eigenvalue weighted by Gasteiger charge is 2.39. The summed E-state index contributed by atoms with van der Waals surface area (Å²) in [4.78, 5) is 35.9. The highest BCUT2D eigenvalue weighted by Crippen LogP contribution is 2.43. The number of carbonyl (C=O) groups is 2. The second-order valence-electron chi connectivity index (χ2n) is 17.6. The third-order valence-electron chi connectivity index (χ3n) is 11.2. The molecule has 5 N–H and O–H groups in total. The van der Waals surface area contributed by atoms with Crippen molar-refractivity contribution in [3.63, 3.8) is 0 Å². The van der Waals surface area contributed by atoms with Crippen molar-refractivity contribution in [1.29, 1.82) is 0 Å². The van der Waals surface area contributed by atoms with Crippen LogP contribution in [-0.2, 0) is 23.2 Å². The highest BCUT2D eigenvalue weighted by atomic mass is 31.2. The molecule has 0 spiro atoms. The van der Waals surface area contributed by atoms with Crippen molar-refractivity contribution in [2.24, 2.45) is 11.8 Å². The van der Waals surface area contributed by atoms with Crippen LogP contribution in [0, 0.1) is 11.8 Å². The van der Waals surface area contributed by atoms with E-state index in [-0.39, 0.29) is 49.6 Å². The average Bonchev–Trinajstić information content (AvgIpc) is 3.40. The van der Waals surface area contributed by atoms with E-state index >= 15 is 0 Å². The third-order valence-corrected chi connectivity index (χ3v) is 12.2. The minimum absolute atomic E-state index is 0.0227. The Labute approximate surface area is 342 Å². The number of ketones is 1. The monoisotopic (exact) mass is 818 g/mol. The summed E-state index contributed by atoms with van der Waals surface area (Å²) in [5, 5.41) is 34.8. The molecular weight excluding hydrogens is 731 g/mol. The molecule has 0 radical (unpaired) electrons. The van der Waals surface area contributed by atoms with Crippen molar-refractivity contribution < 1.29 is 47.9 Å². The first kappa shape index (κ1) is 52.8. The molecule has 1 fully saturated rings. The highest BCUT2D eigenvalue weighted by molar-refractivity contribution is 7.47. The van der Waals surface area contributed by atoms with Crippen LogP contribution in [0.25, 0.3) is 0 Å². The molecule has 1 aliphatic rings. The number of quaternary nitrogens is 1. The number of allylic oxidation sites excluding steroid dienone is 1. The van der Waals surface area contributed by atoms with Crippen LogP contribution in [-0.4, -0.2) is 102 Å². The number of aliphatic hydroxyl groups is 3. The zero-order valence-electron chi connectivity index (χ0n) is 36.3. The molecule has 0 bridgehead atoms. The molecule has 1 unspecified atom stereocenters. The number of phosphoric ester groups is 1. The van der Waals surface area contributed by atoms with Gasteiger partial charge in [-0.3, -0.25) is 18.6 Å². The van der Waals surface area contributed by atoms with Gasteiger partial charge in [-0.2, -0.15) is 0 Å². The fourth-order valence-corrected chi connectivity index (χ4v) is 8.22. The van der Waals surface area contributed by atoms with Gasteiger partial charge in [-0.15, -0.1) is 0 Å². The van der Waals surface area contributed by atoms with Crippen molar-refractivity contribution in [2.75, 3.05) is 40.9 Å². The Hall–Kier alpha value is -1.17. The van der Waals surface area contributed by atoms with Crippen LogP contribution in [0.3, 0.4) is 0 Å². The Bertz CT molecular complexity index is 1090. The van der Waals surface area contributed by atoms with E-state index in [9.17, 15) is 34.4 Å². The molecule has 1 aliphatic carbocycles. The van der Waals surface area contributed by atoms with E-state index in [2.05, 4.69) is 19.2 Å². The van der Waals surface area contributed by atoms with Gasteiger partial charge in [0.15, 0.2) is 0 Å². The summed E-state index contributed by atoms with van der Waals surface area (Å²) in [5.41, 5.74) is 0. The fraction of sp³-hybridized carbons (Fsp3) is 0.909. The lowest BCUT2D eigenvalue weighted by Crippen LogP contribution is -2.46.